The number of nitro benzene ring substituents is 1. The Morgan fingerprint density at radius 2 is 1.95 bits per heavy atom. The van der Waals surface area contributed by atoms with E-state index in [1.807, 2.05) is 6.08 Å². The number of hydrogen-bond acceptors (Lipinski definition) is 4. The predicted octanol–water partition coefficient (Wildman–Crippen LogP) is 3.45. The number of ether oxygens (including phenoxy) is 1. The van der Waals surface area contributed by atoms with Gasteiger partial charge >= 0.3 is 0 Å². The summed E-state index contributed by atoms with van der Waals surface area (Å²) in [5, 5.41) is 10.6. The van der Waals surface area contributed by atoms with Crippen molar-refractivity contribution in [3.05, 3.63) is 46.0 Å². The number of non-ortho nitro benzene ring substituents is 1. The number of rotatable bonds is 3. The minimum Gasteiger partial charge on any atom is -0.476 e. The Kier molecular flexibility index (Phi) is 3.88. The molecular weight excluding hydrogens is 256 g/mol. The Hall–Kier alpha value is -2.17. The molecule has 0 saturated carbocycles. The summed E-state index contributed by atoms with van der Waals surface area (Å²) in [7, 11) is 0. The van der Waals surface area contributed by atoms with E-state index < -0.39 is 4.92 Å². The average Bonchev–Trinajstić information content (AvgIpc) is 2.85. The van der Waals surface area contributed by atoms with E-state index >= 15 is 0 Å². The maximum absolute atomic E-state index is 10.6. The lowest BCUT2D eigenvalue weighted by molar-refractivity contribution is -0.384. The van der Waals surface area contributed by atoms with Gasteiger partial charge in [0.1, 0.15) is 6.61 Å². The molecule has 0 saturated heterocycles. The van der Waals surface area contributed by atoms with Crippen LogP contribution in [-0.2, 0) is 4.74 Å². The number of nitro groups is 1. The van der Waals surface area contributed by atoms with Crippen molar-refractivity contribution < 1.29 is 9.66 Å². The summed E-state index contributed by atoms with van der Waals surface area (Å²) in [5.41, 5.74) is 1.05. The largest absolute Gasteiger partial charge is 0.476 e. The van der Waals surface area contributed by atoms with Gasteiger partial charge in [0, 0.05) is 18.2 Å². The van der Waals surface area contributed by atoms with E-state index in [1.165, 1.54) is 12.1 Å². The Morgan fingerprint density at radius 1 is 1.30 bits per heavy atom. The summed E-state index contributed by atoms with van der Waals surface area (Å²) < 4.78 is 5.53. The monoisotopic (exact) mass is 274 g/mol. The third-order valence-electron chi connectivity index (χ3n) is 3.19. The van der Waals surface area contributed by atoms with Crippen LogP contribution in [0.3, 0.4) is 0 Å². The zero-order chi connectivity index (χ0) is 14.8. The van der Waals surface area contributed by atoms with E-state index in [0.717, 1.165) is 5.56 Å². The van der Waals surface area contributed by atoms with Gasteiger partial charge in [0.05, 0.1) is 11.0 Å². The van der Waals surface area contributed by atoms with E-state index in [2.05, 4.69) is 25.8 Å². The SMILES string of the molecule is CC(C)(C)[C@H]1COC(/C=C/c2ccc([N+](=O)[O-])cc2)=N1. The molecule has 2 rings (SSSR count). The Morgan fingerprint density at radius 3 is 2.45 bits per heavy atom. The summed E-state index contributed by atoms with van der Waals surface area (Å²) in [4.78, 5) is 14.7. The van der Waals surface area contributed by atoms with Gasteiger partial charge in [-0.1, -0.05) is 20.8 Å². The summed E-state index contributed by atoms with van der Waals surface area (Å²) in [6, 6.07) is 6.53. The normalized spacial score (nSPS) is 18.9. The molecule has 1 aliphatic heterocycles. The summed E-state index contributed by atoms with van der Waals surface area (Å²) in [5.74, 6) is 0.614. The first-order chi connectivity index (χ1) is 9.36. The molecule has 1 heterocycles. The summed E-state index contributed by atoms with van der Waals surface area (Å²) in [6.45, 7) is 7.00. The second-order valence-electron chi connectivity index (χ2n) is 5.84. The highest BCUT2D eigenvalue weighted by molar-refractivity contribution is 5.92. The van der Waals surface area contributed by atoms with Gasteiger partial charge in [-0.2, -0.15) is 0 Å². The van der Waals surface area contributed by atoms with Crippen LogP contribution in [0.1, 0.15) is 26.3 Å². The fourth-order valence-electron chi connectivity index (χ4n) is 1.80. The molecule has 1 aromatic carbocycles. The number of hydrogen-bond donors (Lipinski definition) is 0. The molecule has 0 aliphatic carbocycles. The highest BCUT2D eigenvalue weighted by Gasteiger charge is 2.29. The van der Waals surface area contributed by atoms with E-state index in [9.17, 15) is 10.1 Å². The lowest BCUT2D eigenvalue weighted by Gasteiger charge is -2.21. The molecule has 0 fully saturated rings. The van der Waals surface area contributed by atoms with Crippen LogP contribution < -0.4 is 0 Å². The molecule has 1 atom stereocenters. The van der Waals surface area contributed by atoms with Crippen molar-refractivity contribution >= 4 is 17.7 Å². The minimum absolute atomic E-state index is 0.0863. The molecule has 1 aliphatic rings. The van der Waals surface area contributed by atoms with E-state index in [-0.39, 0.29) is 17.1 Å². The lowest BCUT2D eigenvalue weighted by Crippen LogP contribution is -2.25. The molecule has 0 N–H and O–H groups in total. The third kappa shape index (κ3) is 3.44. The smallest absolute Gasteiger partial charge is 0.269 e. The fraction of sp³-hybridized carbons (Fsp3) is 0.400. The van der Waals surface area contributed by atoms with Gasteiger partial charge in [0.2, 0.25) is 5.90 Å². The molecule has 5 nitrogen and oxygen atoms in total. The second-order valence-corrected chi connectivity index (χ2v) is 5.84. The van der Waals surface area contributed by atoms with Gasteiger partial charge in [-0.3, -0.25) is 10.1 Å². The molecule has 1 aromatic rings. The Labute approximate surface area is 118 Å². The molecule has 0 spiro atoms. The molecule has 0 bridgehead atoms. The van der Waals surface area contributed by atoms with Gasteiger partial charge < -0.3 is 4.74 Å². The van der Waals surface area contributed by atoms with Crippen molar-refractivity contribution in [1.82, 2.24) is 0 Å². The van der Waals surface area contributed by atoms with Crippen LogP contribution in [-0.4, -0.2) is 23.5 Å². The first kappa shape index (κ1) is 14.2. The van der Waals surface area contributed by atoms with Crippen molar-refractivity contribution in [3.8, 4) is 0 Å². The van der Waals surface area contributed by atoms with Gasteiger partial charge in [-0.15, -0.1) is 0 Å². The van der Waals surface area contributed by atoms with Crippen LogP contribution >= 0.6 is 0 Å². The first-order valence-electron chi connectivity index (χ1n) is 6.49. The van der Waals surface area contributed by atoms with Crippen molar-refractivity contribution in [3.63, 3.8) is 0 Å². The molecule has 20 heavy (non-hydrogen) atoms. The number of aliphatic imine (C=N–C) groups is 1. The maximum Gasteiger partial charge on any atom is 0.269 e. The Balaban J connectivity index is 2.05. The molecule has 0 amide bonds. The molecular formula is C15H18N2O3. The van der Waals surface area contributed by atoms with Crippen LogP contribution in [0.4, 0.5) is 5.69 Å². The molecule has 0 aromatic heterocycles. The van der Waals surface area contributed by atoms with Crippen LogP contribution in [0.25, 0.3) is 6.08 Å². The second kappa shape index (κ2) is 5.45. The standard InChI is InChI=1S/C15H18N2O3/c1-15(2,3)13-10-20-14(16-13)9-6-11-4-7-12(8-5-11)17(18)19/h4-9,13H,10H2,1-3H3/b9-6+/t13-/m1/s1. The summed E-state index contributed by atoms with van der Waals surface area (Å²) >= 11 is 0. The third-order valence-corrected chi connectivity index (χ3v) is 3.19. The minimum atomic E-state index is -0.411. The topological polar surface area (TPSA) is 64.7 Å². The zero-order valence-electron chi connectivity index (χ0n) is 11.9. The van der Waals surface area contributed by atoms with E-state index in [1.54, 1.807) is 18.2 Å². The quantitative estimate of drug-likeness (QED) is 0.626. The van der Waals surface area contributed by atoms with Crippen molar-refractivity contribution in [2.75, 3.05) is 6.61 Å². The molecule has 0 unspecified atom stereocenters. The highest BCUT2D eigenvalue weighted by atomic mass is 16.6. The van der Waals surface area contributed by atoms with Crippen LogP contribution in [0, 0.1) is 15.5 Å². The Bertz CT molecular complexity index is 553. The molecule has 5 heteroatoms. The van der Waals surface area contributed by atoms with Crippen LogP contribution in [0.5, 0.6) is 0 Å². The molecule has 0 radical (unpaired) electrons. The number of benzene rings is 1. The van der Waals surface area contributed by atoms with Crippen LogP contribution in [0.2, 0.25) is 0 Å². The van der Waals surface area contributed by atoms with E-state index in [0.29, 0.717) is 12.5 Å². The van der Waals surface area contributed by atoms with Gasteiger partial charge in [0.25, 0.3) is 5.69 Å². The van der Waals surface area contributed by atoms with E-state index in [4.69, 9.17) is 4.74 Å². The highest BCUT2D eigenvalue weighted by Crippen LogP contribution is 2.26. The van der Waals surface area contributed by atoms with Gasteiger partial charge in [-0.05, 0) is 29.2 Å². The zero-order valence-corrected chi connectivity index (χ0v) is 11.9. The van der Waals surface area contributed by atoms with Crippen molar-refractivity contribution in [2.45, 2.75) is 26.8 Å². The first-order valence-corrected chi connectivity index (χ1v) is 6.49. The van der Waals surface area contributed by atoms with Gasteiger partial charge in [0.15, 0.2) is 0 Å². The predicted molar refractivity (Wildman–Crippen MR) is 78.8 cm³/mol. The van der Waals surface area contributed by atoms with Crippen molar-refractivity contribution in [1.29, 1.82) is 0 Å². The maximum atomic E-state index is 10.6. The van der Waals surface area contributed by atoms with Crippen molar-refractivity contribution in [2.24, 2.45) is 10.4 Å². The lowest BCUT2D eigenvalue weighted by atomic mass is 9.88. The number of nitrogens with zero attached hydrogens (tertiary/aromatic N) is 2. The van der Waals surface area contributed by atoms with Crippen LogP contribution in [0.15, 0.2) is 35.3 Å². The summed E-state index contributed by atoms with van der Waals surface area (Å²) in [6.07, 6.45) is 3.64. The average molecular weight is 274 g/mol. The fourth-order valence-corrected chi connectivity index (χ4v) is 1.80. The molecule has 106 valence electrons. The van der Waals surface area contributed by atoms with Gasteiger partial charge in [-0.25, -0.2) is 4.99 Å².